The van der Waals surface area contributed by atoms with Gasteiger partial charge < -0.3 is 20.0 Å². The summed E-state index contributed by atoms with van der Waals surface area (Å²) in [6, 6.07) is 12.8. The van der Waals surface area contributed by atoms with Crippen molar-refractivity contribution < 1.29 is 4.74 Å². The van der Waals surface area contributed by atoms with Crippen LogP contribution in [0.2, 0.25) is 0 Å². The van der Waals surface area contributed by atoms with Gasteiger partial charge in [-0.25, -0.2) is 0 Å². The van der Waals surface area contributed by atoms with E-state index in [1.165, 1.54) is 10.9 Å². The predicted octanol–water partition coefficient (Wildman–Crippen LogP) is 4.61. The molecule has 0 amide bonds. The fraction of sp³-hybridized carbons (Fsp3) is 0.292. The number of benzene rings is 2. The third kappa shape index (κ3) is 3.13. The SMILES string of the molecule is COc1ccc2c(ccn2-c2c(C)cc(N3NC=CNC3C#N)cc2C)c1C(C)C. The van der Waals surface area contributed by atoms with Crippen LogP contribution in [-0.4, -0.2) is 17.8 Å². The van der Waals surface area contributed by atoms with Crippen molar-refractivity contribution in [2.24, 2.45) is 0 Å². The number of nitrogens with zero attached hydrogens (tertiary/aromatic N) is 3. The Balaban J connectivity index is 1.84. The normalized spacial score (nSPS) is 15.8. The van der Waals surface area contributed by atoms with Crippen molar-refractivity contribution in [2.45, 2.75) is 39.8 Å². The first-order chi connectivity index (χ1) is 14.5. The highest BCUT2D eigenvalue weighted by Gasteiger charge is 2.22. The second-order valence-electron chi connectivity index (χ2n) is 7.91. The average Bonchev–Trinajstić information content (AvgIpc) is 3.15. The van der Waals surface area contributed by atoms with Crippen LogP contribution < -0.4 is 20.5 Å². The van der Waals surface area contributed by atoms with Crippen LogP contribution in [0.25, 0.3) is 16.6 Å². The summed E-state index contributed by atoms with van der Waals surface area (Å²) in [4.78, 5) is 0. The quantitative estimate of drug-likeness (QED) is 0.668. The number of hydrogen-bond donors (Lipinski definition) is 2. The average molecular weight is 402 g/mol. The Labute approximate surface area is 177 Å². The summed E-state index contributed by atoms with van der Waals surface area (Å²) in [7, 11) is 1.73. The Hall–Kier alpha value is -3.59. The molecule has 0 fully saturated rings. The molecule has 0 aliphatic carbocycles. The van der Waals surface area contributed by atoms with Crippen molar-refractivity contribution in [3.05, 3.63) is 65.6 Å². The minimum Gasteiger partial charge on any atom is -0.496 e. The molecule has 1 unspecified atom stereocenters. The maximum Gasteiger partial charge on any atom is 0.207 e. The first-order valence-electron chi connectivity index (χ1n) is 10.1. The molecule has 6 heteroatoms. The molecule has 0 saturated heterocycles. The summed E-state index contributed by atoms with van der Waals surface area (Å²) in [6.07, 6.45) is 5.19. The standard InChI is InChI=1S/C24H27N5O/c1-15(2)23-19-8-11-28(20(19)6-7-21(23)30-5)24-16(3)12-18(13-17(24)4)29-22(14-25)26-9-10-27-29/h6-13,15,22,26-27H,1-5H3. The number of methoxy groups -OCH3 is 1. The number of rotatable bonds is 4. The highest BCUT2D eigenvalue weighted by molar-refractivity contribution is 5.88. The third-order valence-electron chi connectivity index (χ3n) is 5.60. The van der Waals surface area contributed by atoms with Crippen molar-refractivity contribution in [2.75, 3.05) is 12.1 Å². The van der Waals surface area contributed by atoms with E-state index in [0.717, 1.165) is 33.8 Å². The maximum absolute atomic E-state index is 9.46. The van der Waals surface area contributed by atoms with Crippen molar-refractivity contribution in [1.29, 1.82) is 5.26 Å². The second kappa shape index (κ2) is 7.68. The Morgan fingerprint density at radius 2 is 1.83 bits per heavy atom. The van der Waals surface area contributed by atoms with Crippen LogP contribution in [0.3, 0.4) is 0 Å². The molecule has 0 radical (unpaired) electrons. The fourth-order valence-electron chi connectivity index (χ4n) is 4.36. The van der Waals surface area contributed by atoms with Gasteiger partial charge in [0.1, 0.15) is 11.8 Å². The van der Waals surface area contributed by atoms with Crippen molar-refractivity contribution in [1.82, 2.24) is 15.3 Å². The van der Waals surface area contributed by atoms with Crippen LogP contribution in [0.1, 0.15) is 36.5 Å². The van der Waals surface area contributed by atoms with Crippen LogP contribution in [0.4, 0.5) is 5.69 Å². The van der Waals surface area contributed by atoms with E-state index >= 15 is 0 Å². The van der Waals surface area contributed by atoms with E-state index in [1.807, 2.05) is 5.01 Å². The lowest BCUT2D eigenvalue weighted by Crippen LogP contribution is -2.52. The molecule has 3 aromatic rings. The number of nitrogens with one attached hydrogen (secondary N) is 2. The third-order valence-corrected chi connectivity index (χ3v) is 5.60. The van der Waals surface area contributed by atoms with Gasteiger partial charge in [-0.3, -0.25) is 5.01 Å². The van der Waals surface area contributed by atoms with E-state index in [4.69, 9.17) is 4.74 Å². The number of aryl methyl sites for hydroxylation is 2. The minimum atomic E-state index is -0.465. The van der Waals surface area contributed by atoms with Gasteiger partial charge in [0, 0.05) is 29.5 Å². The molecule has 2 N–H and O–H groups in total. The van der Waals surface area contributed by atoms with E-state index < -0.39 is 6.17 Å². The minimum absolute atomic E-state index is 0.359. The van der Waals surface area contributed by atoms with Gasteiger partial charge in [0.05, 0.1) is 24.0 Å². The zero-order chi connectivity index (χ0) is 21.4. The molecule has 1 atom stereocenters. The number of aromatic nitrogens is 1. The molecule has 2 aromatic carbocycles. The van der Waals surface area contributed by atoms with E-state index in [-0.39, 0.29) is 0 Å². The number of anilines is 1. The Bertz CT molecular complexity index is 1150. The molecule has 154 valence electrons. The molecule has 1 aromatic heterocycles. The van der Waals surface area contributed by atoms with Crippen molar-refractivity contribution in [3.63, 3.8) is 0 Å². The van der Waals surface area contributed by atoms with Crippen LogP contribution in [0, 0.1) is 25.2 Å². The monoisotopic (exact) mass is 401 g/mol. The first kappa shape index (κ1) is 19.7. The fourth-order valence-corrected chi connectivity index (χ4v) is 4.36. The van der Waals surface area contributed by atoms with Gasteiger partial charge in [0.25, 0.3) is 0 Å². The van der Waals surface area contributed by atoms with Gasteiger partial charge in [-0.2, -0.15) is 5.26 Å². The number of ether oxygens (including phenoxy) is 1. The molecule has 0 bridgehead atoms. The highest BCUT2D eigenvalue weighted by atomic mass is 16.5. The molecule has 4 rings (SSSR count). The Kier molecular flexibility index (Phi) is 5.04. The van der Waals surface area contributed by atoms with Crippen molar-refractivity contribution >= 4 is 16.6 Å². The molecule has 1 aliphatic rings. The van der Waals surface area contributed by atoms with E-state index in [1.54, 1.807) is 19.5 Å². The molecule has 0 spiro atoms. The van der Waals surface area contributed by atoms with E-state index in [0.29, 0.717) is 5.92 Å². The molecule has 0 saturated carbocycles. The zero-order valence-electron chi connectivity index (χ0n) is 18.0. The van der Waals surface area contributed by atoms with Gasteiger partial charge in [-0.05, 0) is 61.2 Å². The molecular formula is C24H27N5O. The lowest BCUT2D eigenvalue weighted by Gasteiger charge is -2.32. The largest absolute Gasteiger partial charge is 0.496 e. The number of nitriles is 1. The Morgan fingerprint density at radius 1 is 1.10 bits per heavy atom. The van der Waals surface area contributed by atoms with Gasteiger partial charge in [-0.15, -0.1) is 0 Å². The Morgan fingerprint density at radius 3 is 2.47 bits per heavy atom. The smallest absolute Gasteiger partial charge is 0.207 e. The summed E-state index contributed by atoms with van der Waals surface area (Å²) < 4.78 is 7.87. The lowest BCUT2D eigenvalue weighted by molar-refractivity contribution is 0.408. The predicted molar refractivity (Wildman–Crippen MR) is 121 cm³/mol. The van der Waals surface area contributed by atoms with Crippen LogP contribution in [0.5, 0.6) is 5.75 Å². The number of hydrogen-bond acceptors (Lipinski definition) is 5. The summed E-state index contributed by atoms with van der Waals surface area (Å²) >= 11 is 0. The zero-order valence-corrected chi connectivity index (χ0v) is 18.0. The summed E-state index contributed by atoms with van der Waals surface area (Å²) in [5.41, 5.74) is 9.92. The summed E-state index contributed by atoms with van der Waals surface area (Å²) in [6.45, 7) is 8.61. The summed E-state index contributed by atoms with van der Waals surface area (Å²) in [5.74, 6) is 1.29. The van der Waals surface area contributed by atoms with Gasteiger partial charge in [0.2, 0.25) is 6.17 Å². The van der Waals surface area contributed by atoms with Crippen LogP contribution >= 0.6 is 0 Å². The van der Waals surface area contributed by atoms with Gasteiger partial charge in [-0.1, -0.05) is 13.8 Å². The number of hydrazine groups is 1. The molecule has 30 heavy (non-hydrogen) atoms. The molecule has 6 nitrogen and oxygen atoms in total. The number of fused-ring (bicyclic) bond motifs is 1. The van der Waals surface area contributed by atoms with Crippen LogP contribution in [0.15, 0.2) is 48.9 Å². The first-order valence-corrected chi connectivity index (χ1v) is 10.1. The van der Waals surface area contributed by atoms with E-state index in [9.17, 15) is 5.26 Å². The molecule has 2 heterocycles. The van der Waals surface area contributed by atoms with Gasteiger partial charge >= 0.3 is 0 Å². The highest BCUT2D eigenvalue weighted by Crippen LogP contribution is 2.37. The summed E-state index contributed by atoms with van der Waals surface area (Å²) in [5, 5.41) is 15.6. The lowest BCUT2D eigenvalue weighted by atomic mass is 9.98. The van der Waals surface area contributed by atoms with Gasteiger partial charge in [0.15, 0.2) is 0 Å². The molecular weight excluding hydrogens is 374 g/mol. The van der Waals surface area contributed by atoms with Crippen LogP contribution in [-0.2, 0) is 0 Å². The topological polar surface area (TPSA) is 65.2 Å². The van der Waals surface area contributed by atoms with E-state index in [2.05, 4.69) is 85.6 Å². The second-order valence-corrected chi connectivity index (χ2v) is 7.91. The maximum atomic E-state index is 9.46. The van der Waals surface area contributed by atoms with Crippen molar-refractivity contribution in [3.8, 4) is 17.5 Å². The molecule has 1 aliphatic heterocycles.